The van der Waals surface area contributed by atoms with Gasteiger partial charge >= 0.3 is 0 Å². The van der Waals surface area contributed by atoms with Crippen molar-refractivity contribution in [2.75, 3.05) is 18.1 Å². The van der Waals surface area contributed by atoms with Gasteiger partial charge in [-0.1, -0.05) is 0 Å². The van der Waals surface area contributed by atoms with Gasteiger partial charge in [0.2, 0.25) is 0 Å². The van der Waals surface area contributed by atoms with Gasteiger partial charge in [0.1, 0.15) is 10.5 Å². The van der Waals surface area contributed by atoms with Crippen LogP contribution in [0.3, 0.4) is 0 Å². The first-order valence-corrected chi connectivity index (χ1v) is 9.11. The Kier molecular flexibility index (Phi) is 3.61. The van der Waals surface area contributed by atoms with Gasteiger partial charge in [-0.2, -0.15) is 0 Å². The summed E-state index contributed by atoms with van der Waals surface area (Å²) in [5, 5.41) is 5.01. The third-order valence-corrected chi connectivity index (χ3v) is 6.16. The molecule has 2 aromatic heterocycles. The lowest BCUT2D eigenvalue weighted by atomic mass is 10.1. The molecular weight excluding hydrogens is 298 g/mol. The average Bonchev–Trinajstić information content (AvgIpc) is 2.96. The van der Waals surface area contributed by atoms with E-state index in [9.17, 15) is 13.2 Å². The maximum Gasteiger partial charge on any atom is 0.268 e. The number of nitrogens with one attached hydrogen (secondary N) is 2. The van der Waals surface area contributed by atoms with E-state index in [4.69, 9.17) is 0 Å². The van der Waals surface area contributed by atoms with Gasteiger partial charge in [-0.25, -0.2) is 13.4 Å². The molecule has 1 atom stereocenters. The molecule has 3 heterocycles. The van der Waals surface area contributed by atoms with Gasteiger partial charge < -0.3 is 10.3 Å². The topological polar surface area (TPSA) is 91.9 Å². The summed E-state index contributed by atoms with van der Waals surface area (Å²) < 4.78 is 23.3. The zero-order valence-corrected chi connectivity index (χ0v) is 12.4. The molecule has 0 bridgehead atoms. The third-order valence-electron chi connectivity index (χ3n) is 3.42. The number of H-pyrrole nitrogens is 1. The van der Waals surface area contributed by atoms with Gasteiger partial charge in [0.05, 0.1) is 23.6 Å². The molecule has 1 saturated heterocycles. The van der Waals surface area contributed by atoms with Crippen LogP contribution in [0.15, 0.2) is 16.2 Å². The largest absolute Gasteiger partial charge is 0.310 e. The Morgan fingerprint density at radius 3 is 3.10 bits per heavy atom. The highest BCUT2D eigenvalue weighted by Gasteiger charge is 2.27. The Labute approximate surface area is 120 Å². The first-order chi connectivity index (χ1) is 9.53. The molecule has 20 heavy (non-hydrogen) atoms. The molecule has 0 spiro atoms. The summed E-state index contributed by atoms with van der Waals surface area (Å²) in [5.41, 5.74) is 0.587. The van der Waals surface area contributed by atoms with Crippen LogP contribution < -0.4 is 10.9 Å². The molecule has 0 saturated carbocycles. The average molecular weight is 313 g/mol. The van der Waals surface area contributed by atoms with Crippen molar-refractivity contribution in [1.29, 1.82) is 0 Å². The molecule has 108 valence electrons. The van der Waals surface area contributed by atoms with Crippen molar-refractivity contribution in [2.45, 2.75) is 13.0 Å². The van der Waals surface area contributed by atoms with Gasteiger partial charge in [0.15, 0.2) is 9.84 Å². The molecule has 2 N–H and O–H groups in total. The fraction of sp³-hybridized carbons (Fsp3) is 0.500. The van der Waals surface area contributed by atoms with Crippen molar-refractivity contribution >= 4 is 31.4 Å². The quantitative estimate of drug-likeness (QED) is 0.858. The summed E-state index contributed by atoms with van der Waals surface area (Å²) in [6.07, 6.45) is 0.711. The number of aromatic nitrogens is 2. The molecule has 1 fully saturated rings. The molecule has 1 aliphatic heterocycles. The predicted molar refractivity (Wildman–Crippen MR) is 78.7 cm³/mol. The van der Waals surface area contributed by atoms with Crippen LogP contribution in [0.1, 0.15) is 12.2 Å². The minimum absolute atomic E-state index is 0.120. The lowest BCUT2D eigenvalue weighted by Gasteiger charge is -2.08. The van der Waals surface area contributed by atoms with Gasteiger partial charge in [-0.15, -0.1) is 11.3 Å². The van der Waals surface area contributed by atoms with Crippen LogP contribution in [-0.2, 0) is 16.4 Å². The molecule has 0 amide bonds. The summed E-state index contributed by atoms with van der Waals surface area (Å²) in [6, 6.07) is 1.82. The first kappa shape index (κ1) is 13.7. The second kappa shape index (κ2) is 5.27. The SMILES string of the molecule is O=c1[nH]c(CNCC2CCS(=O)(=O)C2)nc2ccsc12. The number of sulfone groups is 1. The first-order valence-electron chi connectivity index (χ1n) is 6.41. The minimum Gasteiger partial charge on any atom is -0.310 e. The number of nitrogens with zero attached hydrogens (tertiary/aromatic N) is 1. The number of rotatable bonds is 4. The Hall–Kier alpha value is -1.25. The highest BCUT2D eigenvalue weighted by Crippen LogP contribution is 2.17. The van der Waals surface area contributed by atoms with Crippen LogP contribution in [0.2, 0.25) is 0 Å². The van der Waals surface area contributed by atoms with Crippen molar-refractivity contribution in [3.63, 3.8) is 0 Å². The van der Waals surface area contributed by atoms with Crippen molar-refractivity contribution in [2.24, 2.45) is 5.92 Å². The van der Waals surface area contributed by atoms with Crippen LogP contribution in [0.5, 0.6) is 0 Å². The molecule has 1 aliphatic rings. The van der Waals surface area contributed by atoms with Crippen molar-refractivity contribution in [1.82, 2.24) is 15.3 Å². The molecule has 1 unspecified atom stereocenters. The monoisotopic (exact) mass is 313 g/mol. The Balaban J connectivity index is 1.61. The second-order valence-corrected chi connectivity index (χ2v) is 8.19. The highest BCUT2D eigenvalue weighted by atomic mass is 32.2. The van der Waals surface area contributed by atoms with E-state index in [2.05, 4.69) is 15.3 Å². The van der Waals surface area contributed by atoms with Gasteiger partial charge in [0, 0.05) is 0 Å². The molecule has 0 radical (unpaired) electrons. The van der Waals surface area contributed by atoms with Gasteiger partial charge in [0.25, 0.3) is 5.56 Å². The zero-order chi connectivity index (χ0) is 14.2. The fourth-order valence-corrected chi connectivity index (χ4v) is 5.02. The molecule has 0 aliphatic carbocycles. The minimum atomic E-state index is -2.83. The Bertz CT molecular complexity index is 779. The van der Waals surface area contributed by atoms with Crippen molar-refractivity contribution in [3.8, 4) is 0 Å². The lowest BCUT2D eigenvalue weighted by molar-refractivity contribution is 0.514. The summed E-state index contributed by atoms with van der Waals surface area (Å²) in [5.74, 6) is 1.29. The van der Waals surface area contributed by atoms with E-state index in [0.29, 0.717) is 35.6 Å². The van der Waals surface area contributed by atoms with Crippen LogP contribution in [0.25, 0.3) is 10.2 Å². The molecule has 3 rings (SSSR count). The van der Waals surface area contributed by atoms with E-state index in [1.165, 1.54) is 11.3 Å². The fourth-order valence-electron chi connectivity index (χ4n) is 2.43. The standard InChI is InChI=1S/C12H15N3O3S2/c16-12-11-9(1-3-19-11)14-10(15-12)6-13-5-8-2-4-20(17,18)7-8/h1,3,8,13H,2,4-7H2,(H,14,15,16). The predicted octanol–water partition coefficient (Wildman–Crippen LogP) is 0.509. The summed E-state index contributed by atoms with van der Waals surface area (Å²) in [4.78, 5) is 18.9. The van der Waals surface area contributed by atoms with Crippen LogP contribution in [-0.4, -0.2) is 36.4 Å². The summed E-state index contributed by atoms with van der Waals surface area (Å²) >= 11 is 1.37. The lowest BCUT2D eigenvalue weighted by Crippen LogP contribution is -2.25. The Morgan fingerprint density at radius 1 is 1.50 bits per heavy atom. The maximum absolute atomic E-state index is 11.8. The van der Waals surface area contributed by atoms with E-state index >= 15 is 0 Å². The van der Waals surface area contributed by atoms with Crippen molar-refractivity contribution < 1.29 is 8.42 Å². The molecule has 8 heteroatoms. The van der Waals surface area contributed by atoms with E-state index < -0.39 is 9.84 Å². The van der Waals surface area contributed by atoms with E-state index in [1.807, 2.05) is 11.4 Å². The van der Waals surface area contributed by atoms with E-state index in [-0.39, 0.29) is 23.0 Å². The second-order valence-electron chi connectivity index (χ2n) is 5.05. The third kappa shape index (κ3) is 2.92. The molecular formula is C12H15N3O3S2. The Morgan fingerprint density at radius 2 is 2.35 bits per heavy atom. The number of thiophene rings is 1. The van der Waals surface area contributed by atoms with Crippen LogP contribution in [0, 0.1) is 5.92 Å². The van der Waals surface area contributed by atoms with E-state index in [1.54, 1.807) is 0 Å². The molecule has 0 aromatic carbocycles. The van der Waals surface area contributed by atoms with Crippen molar-refractivity contribution in [3.05, 3.63) is 27.6 Å². The normalized spacial score (nSPS) is 21.5. The number of hydrogen-bond donors (Lipinski definition) is 2. The van der Waals surface area contributed by atoms with Gasteiger partial charge in [-0.05, 0) is 30.3 Å². The van der Waals surface area contributed by atoms with Crippen LogP contribution >= 0.6 is 11.3 Å². The number of hydrogen-bond acceptors (Lipinski definition) is 6. The zero-order valence-electron chi connectivity index (χ0n) is 10.8. The smallest absolute Gasteiger partial charge is 0.268 e. The summed E-state index contributed by atoms with van der Waals surface area (Å²) in [6.45, 7) is 1.07. The molecule has 2 aromatic rings. The summed E-state index contributed by atoms with van der Waals surface area (Å²) in [7, 11) is -2.83. The maximum atomic E-state index is 11.8. The number of fused-ring (bicyclic) bond motifs is 1. The number of aromatic amines is 1. The van der Waals surface area contributed by atoms with Crippen LogP contribution in [0.4, 0.5) is 0 Å². The van der Waals surface area contributed by atoms with Gasteiger partial charge in [-0.3, -0.25) is 4.79 Å². The highest BCUT2D eigenvalue weighted by molar-refractivity contribution is 7.91. The molecule has 6 nitrogen and oxygen atoms in total. The van der Waals surface area contributed by atoms with E-state index in [0.717, 1.165) is 0 Å².